The first-order valence-electron chi connectivity index (χ1n) is 8.04. The van der Waals surface area contributed by atoms with E-state index in [1.807, 2.05) is 5.38 Å². The van der Waals surface area contributed by atoms with Gasteiger partial charge in [0.1, 0.15) is 16.6 Å². The first-order valence-corrected chi connectivity index (χ1v) is 8.92. The molecule has 2 amide bonds. The summed E-state index contributed by atoms with van der Waals surface area (Å²) in [5.41, 5.74) is 0.673. The van der Waals surface area contributed by atoms with Crippen molar-refractivity contribution in [3.8, 4) is 0 Å². The molecule has 1 aromatic heterocycles. The monoisotopic (exact) mass is 349 g/mol. The third-order valence-electron chi connectivity index (χ3n) is 4.67. The lowest BCUT2D eigenvalue weighted by Crippen LogP contribution is -2.45. The minimum absolute atomic E-state index is 0.0868. The van der Waals surface area contributed by atoms with E-state index in [9.17, 15) is 13.6 Å². The van der Waals surface area contributed by atoms with Crippen LogP contribution in [0.5, 0.6) is 0 Å². The van der Waals surface area contributed by atoms with Crippen molar-refractivity contribution in [3.05, 3.63) is 51.5 Å². The van der Waals surface area contributed by atoms with Crippen molar-refractivity contribution in [1.29, 1.82) is 0 Å². The number of hydrogen-bond acceptors (Lipinski definition) is 3. The molecule has 1 aliphatic heterocycles. The number of fused-ring (bicyclic) bond motifs is 1. The number of nitrogens with one attached hydrogen (secondary N) is 1. The molecular weight excluding hydrogens is 332 g/mol. The minimum Gasteiger partial charge on any atom is -0.328 e. The molecule has 0 radical (unpaired) electrons. The number of amides is 2. The van der Waals surface area contributed by atoms with Gasteiger partial charge >= 0.3 is 6.03 Å². The van der Waals surface area contributed by atoms with Crippen LogP contribution in [0.4, 0.5) is 13.6 Å². The second kappa shape index (κ2) is 6.12. The van der Waals surface area contributed by atoms with Gasteiger partial charge in [-0.1, -0.05) is 0 Å². The molecule has 1 aliphatic carbocycles. The van der Waals surface area contributed by atoms with Crippen molar-refractivity contribution >= 4 is 17.4 Å². The van der Waals surface area contributed by atoms with E-state index in [1.165, 1.54) is 11.3 Å². The summed E-state index contributed by atoms with van der Waals surface area (Å²) in [7, 11) is 0. The fourth-order valence-electron chi connectivity index (χ4n) is 3.19. The molecule has 0 bridgehead atoms. The Bertz CT molecular complexity index is 761. The second-order valence-electron chi connectivity index (χ2n) is 6.29. The van der Waals surface area contributed by atoms with E-state index < -0.39 is 11.6 Å². The standard InChI is InChI=1S/C17H17F2N3OS/c18-13-3-4-14(19)12-9-22(7-5-11(12)13)17(23)21-15(10-1-2-10)16-20-6-8-24-16/h3-4,6,8,10,15H,1-2,5,7,9H2,(H,21,23)/t15-/m0/s1. The molecule has 1 fully saturated rings. The van der Waals surface area contributed by atoms with Crippen molar-refractivity contribution in [2.24, 2.45) is 5.92 Å². The molecular formula is C17H17F2N3OS. The lowest BCUT2D eigenvalue weighted by Gasteiger charge is -2.31. The average Bonchev–Trinajstić information content (AvgIpc) is 3.29. The highest BCUT2D eigenvalue weighted by Crippen LogP contribution is 2.41. The molecule has 2 heterocycles. The first kappa shape index (κ1) is 15.5. The van der Waals surface area contributed by atoms with E-state index in [0.717, 1.165) is 30.0 Å². The number of carbonyl (C=O) groups is 1. The number of carbonyl (C=O) groups excluding carboxylic acids is 1. The number of nitrogens with zero attached hydrogens (tertiary/aromatic N) is 2. The summed E-state index contributed by atoms with van der Waals surface area (Å²) in [5, 5.41) is 5.83. The van der Waals surface area contributed by atoms with E-state index in [4.69, 9.17) is 0 Å². The van der Waals surface area contributed by atoms with Gasteiger partial charge in [0.25, 0.3) is 0 Å². The van der Waals surface area contributed by atoms with Crippen LogP contribution in [0.1, 0.15) is 35.0 Å². The van der Waals surface area contributed by atoms with Gasteiger partial charge in [0, 0.05) is 23.7 Å². The Morgan fingerprint density at radius 3 is 2.71 bits per heavy atom. The third-order valence-corrected chi connectivity index (χ3v) is 5.53. The summed E-state index contributed by atoms with van der Waals surface area (Å²) in [6, 6.07) is 1.95. The molecule has 1 N–H and O–H groups in total. The zero-order valence-electron chi connectivity index (χ0n) is 13.0. The molecule has 24 heavy (non-hydrogen) atoms. The topological polar surface area (TPSA) is 45.2 Å². The van der Waals surface area contributed by atoms with Crippen LogP contribution < -0.4 is 5.32 Å². The van der Waals surface area contributed by atoms with Gasteiger partial charge in [0.05, 0.1) is 12.6 Å². The number of urea groups is 1. The van der Waals surface area contributed by atoms with Crippen molar-refractivity contribution in [1.82, 2.24) is 15.2 Å². The average molecular weight is 349 g/mol. The number of hydrogen-bond donors (Lipinski definition) is 1. The highest BCUT2D eigenvalue weighted by atomic mass is 32.1. The smallest absolute Gasteiger partial charge is 0.318 e. The Labute approximate surface area is 142 Å². The molecule has 0 spiro atoms. The predicted octanol–water partition coefficient (Wildman–Crippen LogP) is 3.64. The van der Waals surface area contributed by atoms with Crippen molar-refractivity contribution in [2.75, 3.05) is 6.54 Å². The van der Waals surface area contributed by atoms with Crippen molar-refractivity contribution in [2.45, 2.75) is 31.8 Å². The molecule has 1 saturated carbocycles. The molecule has 4 rings (SSSR count). The maximum absolute atomic E-state index is 14.0. The van der Waals surface area contributed by atoms with E-state index in [-0.39, 0.29) is 24.2 Å². The lowest BCUT2D eigenvalue weighted by atomic mass is 9.99. The molecule has 0 unspecified atom stereocenters. The third kappa shape index (κ3) is 2.88. The Kier molecular flexibility index (Phi) is 3.96. The Hall–Kier alpha value is -2.02. The Balaban J connectivity index is 1.50. The normalized spacial score (nSPS) is 18.2. The summed E-state index contributed by atoms with van der Waals surface area (Å²) >= 11 is 1.53. The van der Waals surface area contributed by atoms with Gasteiger partial charge in [-0.2, -0.15) is 0 Å². The summed E-state index contributed by atoms with van der Waals surface area (Å²) in [6.07, 6.45) is 4.22. The highest BCUT2D eigenvalue weighted by molar-refractivity contribution is 7.09. The van der Waals surface area contributed by atoms with Crippen LogP contribution in [0, 0.1) is 17.6 Å². The number of aromatic nitrogens is 1. The van der Waals surface area contributed by atoms with Crippen LogP contribution in [0.3, 0.4) is 0 Å². The predicted molar refractivity (Wildman–Crippen MR) is 86.6 cm³/mol. The van der Waals surface area contributed by atoms with E-state index in [1.54, 1.807) is 11.1 Å². The van der Waals surface area contributed by atoms with Gasteiger partial charge in [-0.3, -0.25) is 0 Å². The van der Waals surface area contributed by atoms with Crippen LogP contribution in [0.2, 0.25) is 0 Å². The van der Waals surface area contributed by atoms with Crippen LogP contribution in [0.15, 0.2) is 23.7 Å². The number of halogens is 2. The molecule has 2 aromatic rings. The Morgan fingerprint density at radius 1 is 1.29 bits per heavy atom. The lowest BCUT2D eigenvalue weighted by molar-refractivity contribution is 0.185. The number of rotatable bonds is 3. The SMILES string of the molecule is O=C(N[C@H](c1nccs1)C1CC1)N1CCc2c(F)ccc(F)c2C1. The van der Waals surface area contributed by atoms with E-state index >= 15 is 0 Å². The quantitative estimate of drug-likeness (QED) is 0.919. The van der Waals surface area contributed by atoms with Gasteiger partial charge in [0.15, 0.2) is 0 Å². The first-order chi connectivity index (χ1) is 11.6. The maximum atomic E-state index is 14.0. The zero-order valence-corrected chi connectivity index (χ0v) is 13.8. The summed E-state index contributed by atoms with van der Waals surface area (Å²) in [6.45, 7) is 0.481. The number of thiazole rings is 1. The highest BCUT2D eigenvalue weighted by Gasteiger charge is 2.36. The van der Waals surface area contributed by atoms with Crippen molar-refractivity contribution < 1.29 is 13.6 Å². The van der Waals surface area contributed by atoms with Gasteiger partial charge in [-0.05, 0) is 42.9 Å². The molecule has 1 atom stereocenters. The molecule has 0 saturated heterocycles. The van der Waals surface area contributed by atoms with Crippen molar-refractivity contribution in [3.63, 3.8) is 0 Å². The largest absolute Gasteiger partial charge is 0.328 e. The van der Waals surface area contributed by atoms with Crippen LogP contribution in [-0.2, 0) is 13.0 Å². The van der Waals surface area contributed by atoms with Gasteiger partial charge in [-0.15, -0.1) is 11.3 Å². The zero-order chi connectivity index (χ0) is 16.7. The number of benzene rings is 1. The molecule has 7 heteroatoms. The van der Waals surface area contributed by atoms with Gasteiger partial charge in [0.2, 0.25) is 0 Å². The maximum Gasteiger partial charge on any atom is 0.318 e. The van der Waals surface area contributed by atoms with E-state index in [2.05, 4.69) is 10.3 Å². The Morgan fingerprint density at radius 2 is 2.04 bits per heavy atom. The molecule has 1 aromatic carbocycles. The van der Waals surface area contributed by atoms with Crippen LogP contribution in [-0.4, -0.2) is 22.5 Å². The van der Waals surface area contributed by atoms with Crippen LogP contribution in [0.25, 0.3) is 0 Å². The summed E-state index contributed by atoms with van der Waals surface area (Å²) in [5.74, 6) is -0.431. The fraction of sp³-hybridized carbons (Fsp3) is 0.412. The molecule has 2 aliphatic rings. The fourth-order valence-corrected chi connectivity index (χ4v) is 3.97. The summed E-state index contributed by atoms with van der Waals surface area (Å²) in [4.78, 5) is 18.5. The summed E-state index contributed by atoms with van der Waals surface area (Å²) < 4.78 is 27.8. The van der Waals surface area contributed by atoms with Crippen LogP contribution >= 0.6 is 11.3 Å². The molecule has 4 nitrogen and oxygen atoms in total. The van der Waals surface area contributed by atoms with Gasteiger partial charge in [-0.25, -0.2) is 18.6 Å². The second-order valence-corrected chi connectivity index (χ2v) is 7.22. The molecule has 126 valence electrons. The van der Waals surface area contributed by atoms with E-state index in [0.29, 0.717) is 24.4 Å². The minimum atomic E-state index is -0.456. The van der Waals surface area contributed by atoms with Gasteiger partial charge < -0.3 is 10.2 Å².